The lowest BCUT2D eigenvalue weighted by Crippen LogP contribution is -2.36. The number of ether oxygens (including phenoxy) is 1. The first-order valence-corrected chi connectivity index (χ1v) is 13.0. The van der Waals surface area contributed by atoms with Crippen LogP contribution >= 0.6 is 34.7 Å². The number of imide groups is 1. The van der Waals surface area contributed by atoms with Crippen LogP contribution in [0.25, 0.3) is 0 Å². The monoisotopic (exact) mass is 559 g/mol. The molecule has 5 rings (SSSR count). The van der Waals surface area contributed by atoms with Crippen LogP contribution in [0.2, 0.25) is 5.02 Å². The lowest BCUT2D eigenvalue weighted by atomic mass is 9.83. The number of fused-ring (bicyclic) bond motifs is 2. The molecule has 0 saturated carbocycles. The number of aromatic nitrogens is 1. The van der Waals surface area contributed by atoms with E-state index in [1.807, 2.05) is 0 Å². The van der Waals surface area contributed by atoms with Crippen LogP contribution in [0.15, 0.2) is 58.4 Å². The van der Waals surface area contributed by atoms with E-state index in [9.17, 15) is 24.0 Å². The van der Waals surface area contributed by atoms with Crippen LogP contribution in [0.1, 0.15) is 16.4 Å². The van der Waals surface area contributed by atoms with Gasteiger partial charge in [-0.3, -0.25) is 28.9 Å². The van der Waals surface area contributed by atoms with Crippen molar-refractivity contribution in [2.75, 3.05) is 18.5 Å². The minimum absolute atomic E-state index is 0.243. The average molecular weight is 560 g/mol. The molecule has 2 unspecified atom stereocenters. The lowest BCUT2D eigenvalue weighted by Gasteiger charge is -2.29. The Morgan fingerprint density at radius 3 is 2.43 bits per heavy atom. The molecule has 2 aromatic carbocycles. The number of hydrogen-bond acceptors (Lipinski definition) is 8. The third kappa shape index (κ3) is 4.99. The average Bonchev–Trinajstić information content (AvgIpc) is 3.35. The zero-order valence-corrected chi connectivity index (χ0v) is 21.2. The minimum Gasteiger partial charge on any atom is -0.484 e. The molecule has 3 N–H and O–H groups in total. The van der Waals surface area contributed by atoms with Gasteiger partial charge >= 0.3 is 10.8 Å². The molecule has 37 heavy (non-hydrogen) atoms. The fourth-order valence-corrected chi connectivity index (χ4v) is 7.04. The number of amides is 3. The van der Waals surface area contributed by atoms with Gasteiger partial charge in [-0.05, 0) is 42.0 Å². The first-order chi connectivity index (χ1) is 17.7. The van der Waals surface area contributed by atoms with Crippen molar-refractivity contribution < 1.29 is 29.0 Å². The topological polar surface area (TPSA) is 146 Å². The van der Waals surface area contributed by atoms with Crippen LogP contribution in [-0.2, 0) is 19.2 Å². The fraction of sp³-hybridized carbons (Fsp3) is 0.208. The summed E-state index contributed by atoms with van der Waals surface area (Å²) in [6.45, 7) is -0.958. The van der Waals surface area contributed by atoms with E-state index in [1.54, 1.807) is 48.5 Å². The fourth-order valence-electron chi connectivity index (χ4n) is 4.38. The number of carboxylic acid groups (broad SMARTS) is 1. The maximum absolute atomic E-state index is 13.2. The molecule has 3 aromatic rings. The molecule has 1 fully saturated rings. The highest BCUT2D eigenvalue weighted by molar-refractivity contribution is 8.00. The Balaban J connectivity index is 1.35. The number of carbonyl (C=O) groups excluding carboxylic acids is 3. The largest absolute Gasteiger partial charge is 0.484 e. The molecule has 190 valence electrons. The number of aromatic amines is 1. The molecule has 1 aromatic heterocycles. The van der Waals surface area contributed by atoms with Crippen molar-refractivity contribution in [1.29, 1.82) is 0 Å². The SMILES string of the molecule is O=C(O)CN1C(=O)C2Sc3[nH]c(=O)sc3[C@@H](c3ccc(OCC(=O)Nc4ccc(Cl)cc4)cc3)C2C1=O. The third-order valence-corrected chi connectivity index (χ3v) is 8.60. The molecule has 0 bridgehead atoms. The number of likely N-dealkylation sites (tertiary alicyclic amines) is 1. The van der Waals surface area contributed by atoms with Crippen LogP contribution in [0, 0.1) is 5.92 Å². The zero-order chi connectivity index (χ0) is 26.3. The number of nitrogens with zero attached hydrogens (tertiary/aromatic N) is 1. The Morgan fingerprint density at radius 1 is 1.05 bits per heavy atom. The summed E-state index contributed by atoms with van der Waals surface area (Å²) < 4.78 is 5.57. The molecule has 1 saturated heterocycles. The summed E-state index contributed by atoms with van der Waals surface area (Å²) >= 11 is 7.88. The van der Waals surface area contributed by atoms with E-state index in [1.165, 1.54) is 0 Å². The van der Waals surface area contributed by atoms with Crippen LogP contribution in [0.3, 0.4) is 0 Å². The first kappa shape index (κ1) is 25.1. The number of halogens is 1. The van der Waals surface area contributed by atoms with Crippen molar-refractivity contribution in [3.63, 3.8) is 0 Å². The smallest absolute Gasteiger partial charge is 0.323 e. The number of thiazole rings is 1. The molecule has 2 aliphatic heterocycles. The minimum atomic E-state index is -1.29. The second-order valence-corrected chi connectivity index (χ2v) is 10.9. The maximum Gasteiger partial charge on any atom is 0.323 e. The number of aliphatic carboxylic acids is 1. The molecular formula is C24H18ClN3O7S2. The Labute approximate surface area is 222 Å². The number of anilines is 1. The van der Waals surface area contributed by atoms with Crippen molar-refractivity contribution in [2.24, 2.45) is 5.92 Å². The second-order valence-electron chi connectivity index (χ2n) is 8.32. The highest BCUT2D eigenvalue weighted by Crippen LogP contribution is 2.52. The van der Waals surface area contributed by atoms with E-state index in [4.69, 9.17) is 21.4 Å². The Bertz CT molecular complexity index is 1450. The number of H-pyrrole nitrogens is 1. The molecular weight excluding hydrogens is 542 g/mol. The summed E-state index contributed by atoms with van der Waals surface area (Å²) in [7, 11) is 0. The van der Waals surface area contributed by atoms with Crippen molar-refractivity contribution in [3.05, 3.63) is 73.7 Å². The quantitative estimate of drug-likeness (QED) is 0.375. The van der Waals surface area contributed by atoms with Gasteiger partial charge in [0.05, 0.1) is 10.9 Å². The number of carbonyl (C=O) groups is 4. The van der Waals surface area contributed by atoms with Crippen molar-refractivity contribution in [1.82, 2.24) is 9.88 Å². The van der Waals surface area contributed by atoms with Crippen molar-refractivity contribution >= 4 is 64.1 Å². The normalized spacial score (nSPS) is 20.4. The van der Waals surface area contributed by atoms with Gasteiger partial charge in [0.15, 0.2) is 6.61 Å². The number of carboxylic acids is 1. The molecule has 13 heteroatoms. The van der Waals surface area contributed by atoms with Gasteiger partial charge in [0.25, 0.3) is 5.91 Å². The van der Waals surface area contributed by atoms with Crippen LogP contribution in [-0.4, -0.2) is 57.1 Å². The molecule has 3 atom stereocenters. The Kier molecular flexibility index (Phi) is 6.80. The molecule has 0 spiro atoms. The van der Waals surface area contributed by atoms with Gasteiger partial charge in [-0.25, -0.2) is 0 Å². The van der Waals surface area contributed by atoms with E-state index in [0.717, 1.165) is 28.0 Å². The summed E-state index contributed by atoms with van der Waals surface area (Å²) in [5, 5.41) is 12.1. The predicted octanol–water partition coefficient (Wildman–Crippen LogP) is 2.78. The summed E-state index contributed by atoms with van der Waals surface area (Å²) in [6, 6.07) is 13.3. The second kappa shape index (κ2) is 10.0. The predicted molar refractivity (Wildman–Crippen MR) is 136 cm³/mol. The van der Waals surface area contributed by atoms with Gasteiger partial charge in [0.2, 0.25) is 11.8 Å². The number of hydrogen-bond donors (Lipinski definition) is 3. The molecule has 0 radical (unpaired) electrons. The maximum atomic E-state index is 13.2. The van der Waals surface area contributed by atoms with E-state index < -0.39 is 41.4 Å². The number of rotatable bonds is 7. The zero-order valence-electron chi connectivity index (χ0n) is 18.8. The Morgan fingerprint density at radius 2 is 1.76 bits per heavy atom. The number of benzene rings is 2. The summed E-state index contributed by atoms with van der Waals surface area (Å²) in [6.07, 6.45) is 0. The molecule has 10 nitrogen and oxygen atoms in total. The van der Waals surface area contributed by atoms with Gasteiger partial charge in [-0.2, -0.15) is 0 Å². The van der Waals surface area contributed by atoms with Crippen molar-refractivity contribution in [3.8, 4) is 5.75 Å². The van der Waals surface area contributed by atoms with Gasteiger partial charge in [-0.15, -0.1) is 0 Å². The van der Waals surface area contributed by atoms with Gasteiger partial charge in [0, 0.05) is 21.5 Å². The highest BCUT2D eigenvalue weighted by Gasteiger charge is 2.56. The summed E-state index contributed by atoms with van der Waals surface area (Å²) in [5.74, 6) is -3.89. The van der Waals surface area contributed by atoms with E-state index >= 15 is 0 Å². The van der Waals surface area contributed by atoms with Crippen LogP contribution < -0.4 is 14.9 Å². The Hall–Kier alpha value is -3.61. The lowest BCUT2D eigenvalue weighted by molar-refractivity contribution is -0.149. The molecule has 0 aliphatic carbocycles. The number of nitrogens with one attached hydrogen (secondary N) is 2. The molecule has 3 heterocycles. The van der Waals surface area contributed by atoms with Gasteiger partial charge < -0.3 is 20.1 Å². The third-order valence-electron chi connectivity index (χ3n) is 5.95. The van der Waals surface area contributed by atoms with Crippen molar-refractivity contribution in [2.45, 2.75) is 16.2 Å². The summed E-state index contributed by atoms with van der Waals surface area (Å²) in [4.78, 5) is 65.4. The molecule has 2 aliphatic rings. The standard InChI is InChI=1S/C24H18ClN3O7S2/c25-12-3-5-13(6-4-12)26-15(29)10-35-14-7-1-11(2-8-14)17-18-20(36-21-19(17)37-24(34)27-21)23(33)28(22(18)32)9-16(30)31/h1-8,17-18,20H,9-10H2,(H,26,29)(H,27,34)(H,30,31)/t17-,18?,20?/m0/s1. The first-order valence-electron chi connectivity index (χ1n) is 11.0. The van der Waals surface area contributed by atoms with Crippen LogP contribution in [0.5, 0.6) is 5.75 Å². The summed E-state index contributed by atoms with van der Waals surface area (Å²) in [5.41, 5.74) is 1.23. The number of thioether (sulfide) groups is 1. The molecule has 3 amide bonds. The van der Waals surface area contributed by atoms with E-state index in [-0.39, 0.29) is 17.4 Å². The van der Waals surface area contributed by atoms with E-state index in [2.05, 4.69) is 10.3 Å². The van der Waals surface area contributed by atoms with Gasteiger partial charge in [0.1, 0.15) is 17.5 Å². The van der Waals surface area contributed by atoms with E-state index in [0.29, 0.717) is 31.9 Å². The van der Waals surface area contributed by atoms with Crippen LogP contribution in [0.4, 0.5) is 5.69 Å². The highest BCUT2D eigenvalue weighted by atomic mass is 35.5. The van der Waals surface area contributed by atoms with Gasteiger partial charge in [-0.1, -0.05) is 46.8 Å².